The summed E-state index contributed by atoms with van der Waals surface area (Å²) in [6.07, 6.45) is 6.11. The van der Waals surface area contributed by atoms with Gasteiger partial charge in [0.25, 0.3) is 0 Å². The van der Waals surface area contributed by atoms with Crippen molar-refractivity contribution < 1.29 is 19.1 Å². The number of aromatic nitrogens is 2. The Bertz CT molecular complexity index is 494. The van der Waals surface area contributed by atoms with Crippen molar-refractivity contribution in [2.75, 3.05) is 13.2 Å². The summed E-state index contributed by atoms with van der Waals surface area (Å²) in [6.45, 7) is 8.19. The molecule has 1 rings (SSSR count). The van der Waals surface area contributed by atoms with Crippen molar-refractivity contribution in [1.82, 2.24) is 9.55 Å². The summed E-state index contributed by atoms with van der Waals surface area (Å²) in [4.78, 5) is 28.0. The van der Waals surface area contributed by atoms with Gasteiger partial charge in [-0.1, -0.05) is 33.3 Å². The Morgan fingerprint density at radius 2 is 1.76 bits per heavy atom. The summed E-state index contributed by atoms with van der Waals surface area (Å²) in [6, 6.07) is 0. The Morgan fingerprint density at radius 3 is 2.29 bits per heavy atom. The molecule has 1 aromatic rings. The smallest absolute Gasteiger partial charge is 0.359 e. The van der Waals surface area contributed by atoms with Crippen LogP contribution >= 0.6 is 0 Å². The van der Waals surface area contributed by atoms with Crippen molar-refractivity contribution in [3.05, 3.63) is 24.3 Å². The molecule has 0 spiro atoms. The van der Waals surface area contributed by atoms with Crippen molar-refractivity contribution in [1.29, 1.82) is 0 Å². The van der Waals surface area contributed by atoms with Gasteiger partial charge in [-0.3, -0.25) is 4.57 Å². The normalized spacial score (nSPS) is 10.2. The molecule has 0 aromatic carbocycles. The molecule has 0 saturated carbocycles. The summed E-state index contributed by atoms with van der Waals surface area (Å²) in [7, 11) is 0. The number of hydrogen-bond acceptors (Lipinski definition) is 5. The fourth-order valence-corrected chi connectivity index (χ4v) is 1.61. The molecule has 116 valence electrons. The van der Waals surface area contributed by atoms with Crippen LogP contribution in [0.2, 0.25) is 0 Å². The zero-order valence-electron chi connectivity index (χ0n) is 12.6. The Balaban J connectivity index is 2.85. The molecular formula is C15H22N2O4. The molecule has 6 heteroatoms. The number of hydrogen-bond donors (Lipinski definition) is 0. The molecule has 0 fully saturated rings. The summed E-state index contributed by atoms with van der Waals surface area (Å²) in [5.41, 5.74) is 0.0232. The lowest BCUT2D eigenvalue weighted by atomic mass is 10.3. The minimum Gasteiger partial charge on any atom is -0.461 e. The number of nitrogens with zero attached hydrogens (tertiary/aromatic N) is 2. The quantitative estimate of drug-likeness (QED) is 0.517. The van der Waals surface area contributed by atoms with E-state index >= 15 is 0 Å². The highest BCUT2D eigenvalue weighted by Crippen LogP contribution is 2.12. The highest BCUT2D eigenvalue weighted by Gasteiger charge is 2.25. The molecule has 0 amide bonds. The van der Waals surface area contributed by atoms with Crippen LogP contribution in [0.15, 0.2) is 12.9 Å². The van der Waals surface area contributed by atoms with E-state index in [0.717, 1.165) is 25.7 Å². The van der Waals surface area contributed by atoms with Crippen LogP contribution in [-0.2, 0) is 9.47 Å². The van der Waals surface area contributed by atoms with Gasteiger partial charge in [0.2, 0.25) is 0 Å². The van der Waals surface area contributed by atoms with Crippen molar-refractivity contribution >= 4 is 18.1 Å². The average Bonchev–Trinajstić information content (AvgIpc) is 2.91. The predicted molar refractivity (Wildman–Crippen MR) is 79.0 cm³/mol. The van der Waals surface area contributed by atoms with Crippen molar-refractivity contribution in [3.8, 4) is 0 Å². The minimum atomic E-state index is -0.619. The molecule has 0 radical (unpaired) electrons. The molecule has 0 atom stereocenters. The second-order valence-electron chi connectivity index (χ2n) is 4.51. The van der Waals surface area contributed by atoms with Gasteiger partial charge in [0.15, 0.2) is 11.4 Å². The highest BCUT2D eigenvalue weighted by molar-refractivity contribution is 6.01. The maximum absolute atomic E-state index is 12.1. The zero-order chi connectivity index (χ0) is 15.7. The molecule has 0 bridgehead atoms. The Morgan fingerprint density at radius 1 is 1.19 bits per heavy atom. The van der Waals surface area contributed by atoms with E-state index in [1.807, 2.05) is 13.8 Å². The first-order valence-electron chi connectivity index (χ1n) is 7.19. The molecule has 0 unspecified atom stereocenters. The zero-order valence-corrected chi connectivity index (χ0v) is 12.6. The van der Waals surface area contributed by atoms with E-state index < -0.39 is 11.9 Å². The van der Waals surface area contributed by atoms with E-state index in [-0.39, 0.29) is 11.4 Å². The topological polar surface area (TPSA) is 70.4 Å². The highest BCUT2D eigenvalue weighted by atomic mass is 16.5. The molecule has 0 N–H and O–H groups in total. The monoisotopic (exact) mass is 294 g/mol. The molecule has 0 aliphatic heterocycles. The number of rotatable bonds is 9. The number of carbonyl (C=O) groups excluding carboxylic acids is 2. The second kappa shape index (κ2) is 8.94. The van der Waals surface area contributed by atoms with Crippen LogP contribution in [0, 0.1) is 0 Å². The third kappa shape index (κ3) is 4.73. The second-order valence-corrected chi connectivity index (χ2v) is 4.51. The van der Waals surface area contributed by atoms with Crippen molar-refractivity contribution in [3.63, 3.8) is 0 Å². The van der Waals surface area contributed by atoms with Crippen LogP contribution in [0.3, 0.4) is 0 Å². The van der Waals surface area contributed by atoms with Gasteiger partial charge >= 0.3 is 11.9 Å². The van der Waals surface area contributed by atoms with Crippen molar-refractivity contribution in [2.45, 2.75) is 39.5 Å². The maximum Gasteiger partial charge on any atom is 0.359 e. The van der Waals surface area contributed by atoms with Crippen LogP contribution in [0.25, 0.3) is 6.20 Å². The van der Waals surface area contributed by atoms with Crippen molar-refractivity contribution in [2.24, 2.45) is 0 Å². The van der Waals surface area contributed by atoms with Gasteiger partial charge in [0.05, 0.1) is 13.2 Å². The summed E-state index contributed by atoms with van der Waals surface area (Å²) >= 11 is 0. The molecule has 0 aliphatic carbocycles. The third-order valence-corrected chi connectivity index (χ3v) is 2.84. The Kier molecular flexibility index (Phi) is 7.21. The Hall–Kier alpha value is -2.11. The lowest BCUT2D eigenvalue weighted by molar-refractivity contribution is 0.0443. The van der Waals surface area contributed by atoms with E-state index in [2.05, 4.69) is 11.6 Å². The first-order chi connectivity index (χ1) is 10.2. The molecule has 6 nitrogen and oxygen atoms in total. The first kappa shape index (κ1) is 16.9. The molecule has 0 aliphatic rings. The number of unbranched alkanes of at least 4 members (excludes halogenated alkanes) is 2. The lowest BCUT2D eigenvalue weighted by Gasteiger charge is -2.07. The third-order valence-electron chi connectivity index (χ3n) is 2.84. The average molecular weight is 294 g/mol. The van der Waals surface area contributed by atoms with Gasteiger partial charge in [0.1, 0.15) is 6.33 Å². The molecular weight excluding hydrogens is 272 g/mol. The van der Waals surface area contributed by atoms with E-state index in [4.69, 9.17) is 9.47 Å². The van der Waals surface area contributed by atoms with E-state index in [1.54, 1.807) is 0 Å². The van der Waals surface area contributed by atoms with Gasteiger partial charge in [-0.05, 0) is 12.8 Å². The summed E-state index contributed by atoms with van der Waals surface area (Å²) in [5, 5.41) is 0. The Labute approximate surface area is 124 Å². The van der Waals surface area contributed by atoms with Crippen LogP contribution < -0.4 is 0 Å². The number of esters is 2. The van der Waals surface area contributed by atoms with E-state index in [9.17, 15) is 9.59 Å². The summed E-state index contributed by atoms with van der Waals surface area (Å²) < 4.78 is 11.6. The summed E-state index contributed by atoms with van der Waals surface area (Å²) in [5.74, 6) is -1.21. The lowest BCUT2D eigenvalue weighted by Crippen LogP contribution is -2.17. The number of ether oxygens (including phenoxy) is 2. The van der Waals surface area contributed by atoms with Crippen LogP contribution in [0.1, 0.15) is 60.5 Å². The molecule has 0 saturated heterocycles. The van der Waals surface area contributed by atoms with Gasteiger partial charge in [-0.15, -0.1) is 0 Å². The van der Waals surface area contributed by atoms with Crippen LogP contribution in [0.4, 0.5) is 0 Å². The van der Waals surface area contributed by atoms with E-state index in [0.29, 0.717) is 13.2 Å². The molecule has 1 aromatic heterocycles. The molecule has 21 heavy (non-hydrogen) atoms. The maximum atomic E-state index is 12.1. The van der Waals surface area contributed by atoms with Crippen LogP contribution in [-0.4, -0.2) is 34.7 Å². The van der Waals surface area contributed by atoms with Gasteiger partial charge < -0.3 is 9.47 Å². The van der Waals surface area contributed by atoms with Gasteiger partial charge in [-0.25, -0.2) is 14.6 Å². The fraction of sp³-hybridized carbons (Fsp3) is 0.533. The predicted octanol–water partition coefficient (Wildman–Crippen LogP) is 2.90. The van der Waals surface area contributed by atoms with Crippen LogP contribution in [0.5, 0.6) is 0 Å². The fourth-order valence-electron chi connectivity index (χ4n) is 1.61. The SMILES string of the molecule is C=Cn1cnc(C(=O)OCCCC)c1C(=O)OCCCC. The van der Waals surface area contributed by atoms with Gasteiger partial charge in [0, 0.05) is 6.20 Å². The number of imidazole rings is 1. The number of carbonyl (C=O) groups is 2. The molecule has 1 heterocycles. The standard InChI is InChI=1S/C15H22N2O4/c1-4-7-9-20-14(18)12-13(17(6-3)11-16-12)15(19)21-10-8-5-2/h6,11H,3-5,7-10H2,1-2H3. The van der Waals surface area contributed by atoms with Gasteiger partial charge in [-0.2, -0.15) is 0 Å². The first-order valence-corrected chi connectivity index (χ1v) is 7.19. The largest absolute Gasteiger partial charge is 0.461 e. The van der Waals surface area contributed by atoms with E-state index in [1.165, 1.54) is 17.1 Å². The minimum absolute atomic E-state index is 0.0347.